The van der Waals surface area contributed by atoms with Crippen molar-refractivity contribution >= 4 is 29.9 Å². The van der Waals surface area contributed by atoms with Gasteiger partial charge in [-0.2, -0.15) is 0 Å². The Morgan fingerprint density at radius 3 is 2.93 bits per heavy atom. The normalized spacial score (nSPS) is 21.5. The Kier molecular flexibility index (Phi) is 6.89. The first kappa shape index (κ1) is 21.3. The molecule has 1 aromatic heterocycles. The molecule has 2 unspecified atom stereocenters. The SMILES string of the molecule is Cl.Cn1ccnc1C1CNCCN1C(=O)c1cccc(NC(=O)C2CCCO2)c1. The van der Waals surface area contributed by atoms with Crippen molar-refractivity contribution in [3.8, 4) is 0 Å². The van der Waals surface area contributed by atoms with Crippen LogP contribution >= 0.6 is 12.4 Å². The number of aryl methyl sites for hydroxylation is 1. The van der Waals surface area contributed by atoms with Gasteiger partial charge in [0, 0.05) is 56.9 Å². The van der Waals surface area contributed by atoms with Crippen LogP contribution in [-0.2, 0) is 16.6 Å². The number of nitrogens with one attached hydrogen (secondary N) is 2. The second-order valence-electron chi connectivity index (χ2n) is 7.19. The van der Waals surface area contributed by atoms with Gasteiger partial charge < -0.3 is 24.8 Å². The number of carbonyl (C=O) groups excluding carboxylic acids is 2. The zero-order chi connectivity index (χ0) is 19.5. The lowest BCUT2D eigenvalue weighted by Gasteiger charge is -2.35. The first-order valence-electron chi connectivity index (χ1n) is 9.65. The molecular weight excluding hydrogens is 394 g/mol. The molecule has 8 nitrogen and oxygen atoms in total. The fraction of sp³-hybridized carbons (Fsp3) is 0.450. The van der Waals surface area contributed by atoms with Crippen LogP contribution in [0.4, 0.5) is 5.69 Å². The largest absolute Gasteiger partial charge is 0.368 e. The Morgan fingerprint density at radius 2 is 2.21 bits per heavy atom. The minimum Gasteiger partial charge on any atom is -0.368 e. The fourth-order valence-corrected chi connectivity index (χ4v) is 3.78. The van der Waals surface area contributed by atoms with E-state index in [-0.39, 0.29) is 30.3 Å². The van der Waals surface area contributed by atoms with Crippen LogP contribution in [0.25, 0.3) is 0 Å². The molecule has 2 aliphatic rings. The predicted octanol–water partition coefficient (Wildman–Crippen LogP) is 1.75. The van der Waals surface area contributed by atoms with Crippen LogP contribution in [0.2, 0.25) is 0 Å². The molecule has 2 N–H and O–H groups in total. The third-order valence-electron chi connectivity index (χ3n) is 5.26. The van der Waals surface area contributed by atoms with Crippen molar-refractivity contribution in [1.29, 1.82) is 0 Å². The van der Waals surface area contributed by atoms with E-state index >= 15 is 0 Å². The summed E-state index contributed by atoms with van der Waals surface area (Å²) in [4.78, 5) is 31.8. The summed E-state index contributed by atoms with van der Waals surface area (Å²) in [7, 11) is 1.93. The van der Waals surface area contributed by atoms with E-state index < -0.39 is 6.10 Å². The molecule has 2 fully saturated rings. The monoisotopic (exact) mass is 419 g/mol. The summed E-state index contributed by atoms with van der Waals surface area (Å²) in [5, 5.41) is 6.20. The van der Waals surface area contributed by atoms with E-state index in [0.717, 1.165) is 25.2 Å². The van der Waals surface area contributed by atoms with Crippen LogP contribution in [0, 0.1) is 0 Å². The molecule has 9 heteroatoms. The van der Waals surface area contributed by atoms with E-state index in [1.165, 1.54) is 0 Å². The van der Waals surface area contributed by atoms with E-state index in [0.29, 0.717) is 30.9 Å². The molecule has 0 bridgehead atoms. The van der Waals surface area contributed by atoms with E-state index in [4.69, 9.17) is 4.74 Å². The van der Waals surface area contributed by atoms with Crippen molar-refractivity contribution in [2.75, 3.05) is 31.6 Å². The number of benzene rings is 1. The average molecular weight is 420 g/mol. The number of nitrogens with zero attached hydrogens (tertiary/aromatic N) is 3. The molecule has 4 rings (SSSR count). The van der Waals surface area contributed by atoms with Gasteiger partial charge in [-0.15, -0.1) is 12.4 Å². The molecule has 2 amide bonds. The van der Waals surface area contributed by atoms with E-state index in [1.807, 2.05) is 22.7 Å². The van der Waals surface area contributed by atoms with Crippen LogP contribution in [0.5, 0.6) is 0 Å². The highest BCUT2D eigenvalue weighted by Crippen LogP contribution is 2.24. The summed E-state index contributed by atoms with van der Waals surface area (Å²) in [5.74, 6) is 0.626. The van der Waals surface area contributed by atoms with Gasteiger partial charge in [0.25, 0.3) is 11.8 Å². The molecule has 2 saturated heterocycles. The van der Waals surface area contributed by atoms with Gasteiger partial charge in [0.15, 0.2) is 0 Å². The van der Waals surface area contributed by atoms with Crippen LogP contribution in [0.3, 0.4) is 0 Å². The van der Waals surface area contributed by atoms with Crippen LogP contribution < -0.4 is 10.6 Å². The number of anilines is 1. The Morgan fingerprint density at radius 1 is 1.34 bits per heavy atom. The van der Waals surface area contributed by atoms with Crippen LogP contribution in [-0.4, -0.2) is 58.6 Å². The smallest absolute Gasteiger partial charge is 0.254 e. The molecule has 0 aliphatic carbocycles. The summed E-state index contributed by atoms with van der Waals surface area (Å²) in [6.07, 6.45) is 4.85. The highest BCUT2D eigenvalue weighted by atomic mass is 35.5. The topological polar surface area (TPSA) is 88.5 Å². The Bertz CT molecular complexity index is 865. The average Bonchev–Trinajstić information content (AvgIpc) is 3.39. The molecule has 0 radical (unpaired) electrons. The van der Waals surface area contributed by atoms with E-state index in [2.05, 4.69) is 15.6 Å². The van der Waals surface area contributed by atoms with Crippen molar-refractivity contribution in [3.63, 3.8) is 0 Å². The zero-order valence-corrected chi connectivity index (χ0v) is 17.2. The van der Waals surface area contributed by atoms with E-state index in [1.54, 1.807) is 30.5 Å². The Hall–Kier alpha value is -2.42. The van der Waals surface area contributed by atoms with Gasteiger partial charge >= 0.3 is 0 Å². The molecule has 2 aromatic rings. The molecular formula is C20H26ClN5O3. The number of hydrogen-bond acceptors (Lipinski definition) is 5. The number of halogens is 1. The summed E-state index contributed by atoms with van der Waals surface area (Å²) < 4.78 is 7.36. The number of aromatic nitrogens is 2. The maximum absolute atomic E-state index is 13.2. The number of amides is 2. The first-order valence-corrected chi connectivity index (χ1v) is 9.65. The summed E-state index contributed by atoms with van der Waals surface area (Å²) >= 11 is 0. The molecule has 0 saturated carbocycles. The van der Waals surface area contributed by atoms with Crippen molar-refractivity contribution in [1.82, 2.24) is 19.8 Å². The third-order valence-corrected chi connectivity index (χ3v) is 5.26. The number of carbonyl (C=O) groups is 2. The molecule has 2 atom stereocenters. The summed E-state index contributed by atoms with van der Waals surface area (Å²) in [5.41, 5.74) is 1.15. The quantitative estimate of drug-likeness (QED) is 0.788. The minimum absolute atomic E-state index is 0. The zero-order valence-electron chi connectivity index (χ0n) is 16.3. The van der Waals surface area contributed by atoms with E-state index in [9.17, 15) is 9.59 Å². The molecule has 29 heavy (non-hydrogen) atoms. The maximum Gasteiger partial charge on any atom is 0.254 e. The van der Waals surface area contributed by atoms with Crippen molar-refractivity contribution in [3.05, 3.63) is 48.0 Å². The predicted molar refractivity (Wildman–Crippen MR) is 111 cm³/mol. The van der Waals surface area contributed by atoms with Gasteiger partial charge in [-0.3, -0.25) is 9.59 Å². The second kappa shape index (κ2) is 9.39. The van der Waals surface area contributed by atoms with Crippen LogP contribution in [0.1, 0.15) is 35.1 Å². The summed E-state index contributed by atoms with van der Waals surface area (Å²) in [6.45, 7) is 2.62. The lowest BCUT2D eigenvalue weighted by molar-refractivity contribution is -0.124. The number of hydrogen-bond donors (Lipinski definition) is 2. The highest BCUT2D eigenvalue weighted by Gasteiger charge is 2.31. The van der Waals surface area contributed by atoms with Gasteiger partial charge in [0.2, 0.25) is 0 Å². The van der Waals surface area contributed by atoms with Gasteiger partial charge in [-0.05, 0) is 31.0 Å². The molecule has 2 aliphatic heterocycles. The lowest BCUT2D eigenvalue weighted by atomic mass is 10.1. The molecule has 1 aromatic carbocycles. The number of ether oxygens (including phenoxy) is 1. The van der Waals surface area contributed by atoms with Gasteiger partial charge in [-0.25, -0.2) is 4.98 Å². The second-order valence-corrected chi connectivity index (χ2v) is 7.19. The third kappa shape index (κ3) is 4.60. The molecule has 156 valence electrons. The van der Waals surface area contributed by atoms with Crippen molar-refractivity contribution in [2.45, 2.75) is 25.0 Å². The summed E-state index contributed by atoms with van der Waals surface area (Å²) in [6, 6.07) is 6.95. The van der Waals surface area contributed by atoms with Gasteiger partial charge in [-0.1, -0.05) is 6.07 Å². The van der Waals surface area contributed by atoms with Crippen molar-refractivity contribution in [2.24, 2.45) is 7.05 Å². The molecule has 0 spiro atoms. The Labute approximate surface area is 176 Å². The standard InChI is InChI=1S/C20H25N5O3.ClH/c1-24-9-8-22-18(24)16-13-21-7-10-25(16)20(27)14-4-2-5-15(12-14)23-19(26)17-6-3-11-28-17;/h2,4-5,8-9,12,16-17,21H,3,6-7,10-11,13H2,1H3,(H,23,26);1H. The molecule has 3 heterocycles. The number of imidazole rings is 1. The Balaban J connectivity index is 0.00000240. The van der Waals surface area contributed by atoms with Gasteiger partial charge in [0.1, 0.15) is 18.0 Å². The van der Waals surface area contributed by atoms with Crippen LogP contribution in [0.15, 0.2) is 36.7 Å². The highest BCUT2D eigenvalue weighted by molar-refractivity contribution is 5.98. The fourth-order valence-electron chi connectivity index (χ4n) is 3.78. The van der Waals surface area contributed by atoms with Gasteiger partial charge in [0.05, 0.1) is 0 Å². The lowest BCUT2D eigenvalue weighted by Crippen LogP contribution is -2.49. The maximum atomic E-state index is 13.2. The van der Waals surface area contributed by atoms with Crippen molar-refractivity contribution < 1.29 is 14.3 Å². The number of piperazine rings is 1. The first-order chi connectivity index (χ1) is 13.6. The minimum atomic E-state index is -0.402. The number of rotatable bonds is 4.